The molecule has 0 radical (unpaired) electrons. The van der Waals surface area contributed by atoms with Crippen LogP contribution in [-0.4, -0.2) is 19.0 Å². The monoisotopic (exact) mass is 196 g/mol. The highest BCUT2D eigenvalue weighted by atomic mass is 16.3. The van der Waals surface area contributed by atoms with Crippen LogP contribution in [0.4, 0.5) is 0 Å². The summed E-state index contributed by atoms with van der Waals surface area (Å²) in [6.07, 6.45) is 1.60. The lowest BCUT2D eigenvalue weighted by molar-refractivity contribution is -0.121. The molecular formula is C10H16N2O2. The van der Waals surface area contributed by atoms with E-state index in [1.165, 1.54) is 0 Å². The number of nitrogens with one attached hydrogen (secondary N) is 2. The zero-order chi connectivity index (χ0) is 10.4. The van der Waals surface area contributed by atoms with E-state index in [0.717, 1.165) is 12.3 Å². The predicted molar refractivity (Wildman–Crippen MR) is 53.8 cm³/mol. The minimum atomic E-state index is -0.0730. The average molecular weight is 196 g/mol. The topological polar surface area (TPSA) is 54.3 Å². The summed E-state index contributed by atoms with van der Waals surface area (Å²) in [6.45, 7) is 5.00. The number of rotatable bonds is 5. The second kappa shape index (κ2) is 5.44. The van der Waals surface area contributed by atoms with Gasteiger partial charge in [0, 0.05) is 0 Å². The zero-order valence-electron chi connectivity index (χ0n) is 8.54. The first-order chi connectivity index (χ1) is 6.74. The van der Waals surface area contributed by atoms with Gasteiger partial charge in [0.25, 0.3) is 0 Å². The van der Waals surface area contributed by atoms with E-state index in [1.807, 2.05) is 26.0 Å². The molecule has 1 amide bonds. The first-order valence-corrected chi connectivity index (χ1v) is 4.77. The maximum atomic E-state index is 11.3. The summed E-state index contributed by atoms with van der Waals surface area (Å²) in [5.41, 5.74) is 0. The Hall–Kier alpha value is -1.29. The molecule has 0 spiro atoms. The molecule has 4 nitrogen and oxygen atoms in total. The van der Waals surface area contributed by atoms with E-state index >= 15 is 0 Å². The third kappa shape index (κ3) is 3.22. The fraction of sp³-hybridized carbons (Fsp3) is 0.500. The zero-order valence-corrected chi connectivity index (χ0v) is 8.54. The number of carbonyl (C=O) groups excluding carboxylic acids is 1. The van der Waals surface area contributed by atoms with Crippen molar-refractivity contribution in [2.75, 3.05) is 13.1 Å². The number of likely N-dealkylation sites (N-methyl/N-ethyl adjacent to an activating group) is 1. The van der Waals surface area contributed by atoms with Crippen molar-refractivity contribution >= 4 is 5.91 Å². The van der Waals surface area contributed by atoms with Crippen molar-refractivity contribution in [3.8, 4) is 0 Å². The Balaban J connectivity index is 2.33. The van der Waals surface area contributed by atoms with Crippen LogP contribution in [0.15, 0.2) is 22.8 Å². The SMILES string of the molecule is CCNCC(=O)N[C@H](C)c1ccco1. The minimum Gasteiger partial charge on any atom is -0.467 e. The fourth-order valence-electron chi connectivity index (χ4n) is 1.14. The van der Waals surface area contributed by atoms with Crippen LogP contribution in [0.5, 0.6) is 0 Å². The van der Waals surface area contributed by atoms with Crippen LogP contribution in [0.25, 0.3) is 0 Å². The molecule has 2 N–H and O–H groups in total. The Morgan fingerprint density at radius 2 is 2.43 bits per heavy atom. The van der Waals surface area contributed by atoms with Gasteiger partial charge in [0.15, 0.2) is 0 Å². The lowest BCUT2D eigenvalue weighted by Crippen LogP contribution is -2.35. The van der Waals surface area contributed by atoms with Crippen LogP contribution >= 0.6 is 0 Å². The van der Waals surface area contributed by atoms with Crippen LogP contribution in [0.2, 0.25) is 0 Å². The van der Waals surface area contributed by atoms with Gasteiger partial charge in [-0.1, -0.05) is 6.92 Å². The average Bonchev–Trinajstić information content (AvgIpc) is 2.67. The highest BCUT2D eigenvalue weighted by Crippen LogP contribution is 2.11. The molecule has 0 unspecified atom stereocenters. The summed E-state index contributed by atoms with van der Waals surface area (Å²) in [4.78, 5) is 11.3. The number of hydrogen-bond donors (Lipinski definition) is 2. The van der Waals surface area contributed by atoms with Crippen LogP contribution < -0.4 is 10.6 Å². The van der Waals surface area contributed by atoms with Crippen molar-refractivity contribution in [2.24, 2.45) is 0 Å². The van der Waals surface area contributed by atoms with Gasteiger partial charge in [0.1, 0.15) is 5.76 Å². The number of amides is 1. The molecule has 1 heterocycles. The fourth-order valence-corrected chi connectivity index (χ4v) is 1.14. The quantitative estimate of drug-likeness (QED) is 0.740. The third-order valence-electron chi connectivity index (χ3n) is 1.88. The highest BCUT2D eigenvalue weighted by molar-refractivity contribution is 5.78. The molecule has 4 heteroatoms. The molecule has 0 aliphatic heterocycles. The van der Waals surface area contributed by atoms with Crippen molar-refractivity contribution in [3.05, 3.63) is 24.2 Å². The largest absolute Gasteiger partial charge is 0.467 e. The Bertz CT molecular complexity index is 270. The van der Waals surface area contributed by atoms with Gasteiger partial charge >= 0.3 is 0 Å². The molecule has 0 saturated heterocycles. The summed E-state index contributed by atoms with van der Waals surface area (Å²) in [5.74, 6) is 0.755. The molecule has 1 aromatic heterocycles. The third-order valence-corrected chi connectivity index (χ3v) is 1.88. The maximum Gasteiger partial charge on any atom is 0.234 e. The molecule has 1 atom stereocenters. The van der Waals surface area contributed by atoms with Gasteiger partial charge in [-0.15, -0.1) is 0 Å². The van der Waals surface area contributed by atoms with Crippen LogP contribution in [0, 0.1) is 0 Å². The lowest BCUT2D eigenvalue weighted by atomic mass is 10.2. The number of furan rings is 1. The van der Waals surface area contributed by atoms with Crippen molar-refractivity contribution < 1.29 is 9.21 Å². The summed E-state index contributed by atoms with van der Waals surface area (Å²) in [7, 11) is 0. The van der Waals surface area contributed by atoms with Crippen molar-refractivity contribution in [1.82, 2.24) is 10.6 Å². The van der Waals surface area contributed by atoms with Gasteiger partial charge in [0.2, 0.25) is 5.91 Å². The Labute approximate surface area is 83.7 Å². The van der Waals surface area contributed by atoms with Gasteiger partial charge < -0.3 is 15.1 Å². The maximum absolute atomic E-state index is 11.3. The van der Waals surface area contributed by atoms with E-state index in [1.54, 1.807) is 6.26 Å². The van der Waals surface area contributed by atoms with Crippen molar-refractivity contribution in [3.63, 3.8) is 0 Å². The second-order valence-electron chi connectivity index (χ2n) is 3.08. The molecule has 0 aliphatic rings. The van der Waals surface area contributed by atoms with Crippen molar-refractivity contribution in [1.29, 1.82) is 0 Å². The highest BCUT2D eigenvalue weighted by Gasteiger charge is 2.10. The molecule has 78 valence electrons. The first kappa shape index (κ1) is 10.8. The summed E-state index contributed by atoms with van der Waals surface area (Å²) in [5, 5.41) is 5.78. The molecule has 0 saturated carbocycles. The normalized spacial score (nSPS) is 12.4. The summed E-state index contributed by atoms with van der Waals surface area (Å²) < 4.78 is 5.17. The summed E-state index contributed by atoms with van der Waals surface area (Å²) in [6, 6.07) is 3.58. The van der Waals surface area contributed by atoms with E-state index in [2.05, 4.69) is 10.6 Å². The van der Waals surface area contributed by atoms with Crippen LogP contribution in [-0.2, 0) is 4.79 Å². The van der Waals surface area contributed by atoms with Crippen molar-refractivity contribution in [2.45, 2.75) is 19.9 Å². The Morgan fingerprint density at radius 1 is 1.64 bits per heavy atom. The Kier molecular flexibility index (Phi) is 4.19. The lowest BCUT2D eigenvalue weighted by Gasteiger charge is -2.11. The molecule has 1 rings (SSSR count). The van der Waals surface area contributed by atoms with Crippen LogP contribution in [0.1, 0.15) is 25.6 Å². The summed E-state index contributed by atoms with van der Waals surface area (Å²) >= 11 is 0. The van der Waals surface area contributed by atoms with Crippen LogP contribution in [0.3, 0.4) is 0 Å². The number of carbonyl (C=O) groups is 1. The van der Waals surface area contributed by atoms with Gasteiger partial charge in [-0.25, -0.2) is 0 Å². The van der Waals surface area contributed by atoms with E-state index in [-0.39, 0.29) is 11.9 Å². The van der Waals surface area contributed by atoms with E-state index in [0.29, 0.717) is 6.54 Å². The molecule has 14 heavy (non-hydrogen) atoms. The van der Waals surface area contributed by atoms with Gasteiger partial charge in [-0.3, -0.25) is 4.79 Å². The molecule has 0 aliphatic carbocycles. The first-order valence-electron chi connectivity index (χ1n) is 4.77. The molecular weight excluding hydrogens is 180 g/mol. The molecule has 1 aromatic rings. The standard InChI is InChI=1S/C10H16N2O2/c1-3-11-7-10(13)12-8(2)9-5-4-6-14-9/h4-6,8,11H,3,7H2,1-2H3,(H,12,13)/t8-/m1/s1. The van der Waals surface area contributed by atoms with E-state index in [9.17, 15) is 4.79 Å². The smallest absolute Gasteiger partial charge is 0.234 e. The van der Waals surface area contributed by atoms with Gasteiger partial charge in [0.05, 0.1) is 18.8 Å². The second-order valence-corrected chi connectivity index (χ2v) is 3.08. The molecule has 0 aromatic carbocycles. The van der Waals surface area contributed by atoms with Gasteiger partial charge in [-0.05, 0) is 25.6 Å². The van der Waals surface area contributed by atoms with E-state index < -0.39 is 0 Å². The Morgan fingerprint density at radius 3 is 3.00 bits per heavy atom. The predicted octanol–water partition coefficient (Wildman–Crippen LogP) is 1.07. The number of hydrogen-bond acceptors (Lipinski definition) is 3. The molecule has 0 bridgehead atoms. The minimum absolute atomic E-state index is 0.0178. The molecule has 0 fully saturated rings. The van der Waals surface area contributed by atoms with E-state index in [4.69, 9.17) is 4.42 Å². The van der Waals surface area contributed by atoms with Gasteiger partial charge in [-0.2, -0.15) is 0 Å².